The van der Waals surface area contributed by atoms with Crippen LogP contribution in [0, 0.1) is 11.8 Å². The average Bonchev–Trinajstić information content (AvgIpc) is 2.96. The second-order valence-corrected chi connectivity index (χ2v) is 7.16. The molecule has 1 aromatic carbocycles. The molecule has 0 spiro atoms. The predicted octanol–water partition coefficient (Wildman–Crippen LogP) is 3.46. The number of hydrogen-bond acceptors (Lipinski definition) is 2. The number of benzene rings is 1. The Balaban J connectivity index is 1.75. The predicted molar refractivity (Wildman–Crippen MR) is 86.1 cm³/mol. The molecule has 2 amide bonds. The highest BCUT2D eigenvalue weighted by molar-refractivity contribution is 6.42. The fourth-order valence-corrected chi connectivity index (χ4v) is 3.83. The minimum absolute atomic E-state index is 0.0761. The van der Waals surface area contributed by atoms with Gasteiger partial charge >= 0.3 is 6.03 Å². The van der Waals surface area contributed by atoms with Crippen molar-refractivity contribution in [3.05, 3.63) is 28.2 Å². The quantitative estimate of drug-likeness (QED) is 0.829. The molecule has 3 rings (SSSR count). The van der Waals surface area contributed by atoms with Crippen molar-refractivity contribution in [3.63, 3.8) is 0 Å². The Morgan fingerprint density at radius 1 is 1.33 bits per heavy atom. The zero-order valence-corrected chi connectivity index (χ0v) is 13.6. The lowest BCUT2D eigenvalue weighted by atomic mass is 9.85. The maximum Gasteiger partial charge on any atom is 0.322 e. The minimum atomic E-state index is -0.144. The molecule has 1 aromatic rings. The molecule has 2 fully saturated rings. The van der Waals surface area contributed by atoms with Gasteiger partial charge in [0.05, 0.1) is 10.0 Å². The number of anilines is 1. The number of carbonyl (C=O) groups is 1. The summed E-state index contributed by atoms with van der Waals surface area (Å²) in [5.41, 5.74) is 0.523. The molecule has 2 atom stereocenters. The number of likely N-dealkylation sites (tertiary alicyclic amines) is 1. The van der Waals surface area contributed by atoms with E-state index in [1.165, 1.54) is 0 Å². The van der Waals surface area contributed by atoms with Crippen molar-refractivity contribution in [1.29, 1.82) is 0 Å². The summed E-state index contributed by atoms with van der Waals surface area (Å²) in [6.45, 7) is 7.04. The molecule has 0 aromatic heterocycles. The Morgan fingerprint density at radius 2 is 2.10 bits per heavy atom. The van der Waals surface area contributed by atoms with Gasteiger partial charge in [0.25, 0.3) is 0 Å². The van der Waals surface area contributed by atoms with Crippen LogP contribution in [-0.4, -0.2) is 36.1 Å². The molecule has 2 unspecified atom stereocenters. The van der Waals surface area contributed by atoms with Gasteiger partial charge in [-0.15, -0.1) is 0 Å². The van der Waals surface area contributed by atoms with Gasteiger partial charge < -0.3 is 15.5 Å². The largest absolute Gasteiger partial charge is 0.322 e. The maximum absolute atomic E-state index is 12.6. The van der Waals surface area contributed by atoms with E-state index >= 15 is 0 Å². The van der Waals surface area contributed by atoms with Gasteiger partial charge in [-0.3, -0.25) is 0 Å². The van der Waals surface area contributed by atoms with Crippen LogP contribution in [0.5, 0.6) is 0 Å². The van der Waals surface area contributed by atoms with E-state index in [4.69, 9.17) is 23.2 Å². The summed E-state index contributed by atoms with van der Waals surface area (Å²) < 4.78 is 0. The molecule has 6 heteroatoms. The van der Waals surface area contributed by atoms with E-state index < -0.39 is 0 Å². The number of nitrogens with one attached hydrogen (secondary N) is 2. The highest BCUT2D eigenvalue weighted by Gasteiger charge is 2.51. The third kappa shape index (κ3) is 2.60. The molecule has 2 aliphatic heterocycles. The highest BCUT2D eigenvalue weighted by Crippen LogP contribution is 2.40. The lowest BCUT2D eigenvalue weighted by Gasteiger charge is -2.35. The molecular weight excluding hydrogens is 309 g/mol. The molecule has 114 valence electrons. The summed E-state index contributed by atoms with van der Waals surface area (Å²) >= 11 is 11.9. The van der Waals surface area contributed by atoms with Gasteiger partial charge in [0.2, 0.25) is 0 Å². The molecule has 21 heavy (non-hydrogen) atoms. The van der Waals surface area contributed by atoms with Crippen molar-refractivity contribution in [2.24, 2.45) is 11.8 Å². The number of amides is 2. The van der Waals surface area contributed by atoms with Crippen LogP contribution in [0.1, 0.15) is 13.8 Å². The Labute approximate surface area is 134 Å². The smallest absolute Gasteiger partial charge is 0.319 e. The third-order valence-corrected chi connectivity index (χ3v) is 5.52. The summed E-state index contributed by atoms with van der Waals surface area (Å²) in [5, 5.41) is 7.26. The van der Waals surface area contributed by atoms with Crippen LogP contribution in [-0.2, 0) is 0 Å². The van der Waals surface area contributed by atoms with Gasteiger partial charge in [-0.25, -0.2) is 4.79 Å². The zero-order valence-electron chi connectivity index (χ0n) is 12.1. The molecule has 0 radical (unpaired) electrons. The average molecular weight is 328 g/mol. The molecule has 0 saturated carbocycles. The topological polar surface area (TPSA) is 44.4 Å². The van der Waals surface area contributed by atoms with Crippen LogP contribution in [0.15, 0.2) is 18.2 Å². The first-order valence-corrected chi connectivity index (χ1v) is 7.89. The molecule has 0 aliphatic carbocycles. The first-order chi connectivity index (χ1) is 9.89. The Bertz CT molecular complexity index is 576. The maximum atomic E-state index is 12.6. The van der Waals surface area contributed by atoms with E-state index in [9.17, 15) is 4.79 Å². The lowest BCUT2D eigenvalue weighted by Crippen LogP contribution is -2.49. The van der Waals surface area contributed by atoms with Crippen molar-refractivity contribution in [2.75, 3.05) is 25.0 Å². The Kier molecular flexibility index (Phi) is 3.80. The number of nitrogens with zero attached hydrogens (tertiary/aromatic N) is 1. The summed E-state index contributed by atoms with van der Waals surface area (Å²) in [4.78, 5) is 14.5. The molecule has 4 nitrogen and oxygen atoms in total. The van der Waals surface area contributed by atoms with Crippen molar-refractivity contribution < 1.29 is 4.79 Å². The van der Waals surface area contributed by atoms with Gasteiger partial charge in [-0.2, -0.15) is 0 Å². The normalized spacial score (nSPS) is 26.8. The van der Waals surface area contributed by atoms with Crippen LogP contribution < -0.4 is 10.6 Å². The fraction of sp³-hybridized carbons (Fsp3) is 0.533. The van der Waals surface area contributed by atoms with Gasteiger partial charge in [-0.1, -0.05) is 23.2 Å². The monoisotopic (exact) mass is 327 g/mol. The molecule has 2 aliphatic rings. The van der Waals surface area contributed by atoms with Crippen LogP contribution >= 0.6 is 23.2 Å². The standard InChI is InChI=1S/C15H19Cl2N3O/c1-15(2)11-7-18-6-9(11)8-20(15)14(21)19-10-3-4-12(16)13(17)5-10/h3-5,9,11,18H,6-8H2,1-2H3,(H,19,21). The van der Waals surface area contributed by atoms with Crippen LogP contribution in [0.4, 0.5) is 10.5 Å². The van der Waals surface area contributed by atoms with E-state index in [2.05, 4.69) is 24.5 Å². The van der Waals surface area contributed by atoms with Gasteiger partial charge in [-0.05, 0) is 43.9 Å². The van der Waals surface area contributed by atoms with Crippen molar-refractivity contribution in [3.8, 4) is 0 Å². The van der Waals surface area contributed by atoms with E-state index in [0.717, 1.165) is 19.6 Å². The summed E-state index contributed by atoms with van der Waals surface area (Å²) in [6, 6.07) is 5.05. The van der Waals surface area contributed by atoms with Crippen molar-refractivity contribution in [1.82, 2.24) is 10.2 Å². The molecule has 0 bridgehead atoms. The number of halogens is 2. The number of rotatable bonds is 1. The Hall–Kier alpha value is -0.970. The van der Waals surface area contributed by atoms with Gasteiger partial charge in [0.15, 0.2) is 0 Å². The van der Waals surface area contributed by atoms with Gasteiger partial charge in [0, 0.05) is 30.9 Å². The second-order valence-electron chi connectivity index (χ2n) is 6.35. The summed E-state index contributed by atoms with van der Waals surface area (Å²) in [7, 11) is 0. The van der Waals surface area contributed by atoms with Crippen LogP contribution in [0.25, 0.3) is 0 Å². The van der Waals surface area contributed by atoms with Gasteiger partial charge in [0.1, 0.15) is 0 Å². The van der Waals surface area contributed by atoms with E-state index in [-0.39, 0.29) is 11.6 Å². The number of carbonyl (C=O) groups excluding carboxylic acids is 1. The number of urea groups is 1. The lowest BCUT2D eigenvalue weighted by molar-refractivity contribution is 0.157. The minimum Gasteiger partial charge on any atom is -0.319 e. The second kappa shape index (κ2) is 5.34. The molecule has 2 saturated heterocycles. The fourth-order valence-electron chi connectivity index (χ4n) is 3.53. The molecule has 2 N–H and O–H groups in total. The summed E-state index contributed by atoms with van der Waals surface area (Å²) in [6.07, 6.45) is 0. The zero-order chi connectivity index (χ0) is 15.2. The highest BCUT2D eigenvalue weighted by atomic mass is 35.5. The van der Waals surface area contributed by atoms with E-state index in [1.807, 2.05) is 4.90 Å². The first kappa shape index (κ1) is 14.9. The molecule has 2 heterocycles. The van der Waals surface area contributed by atoms with Crippen molar-refractivity contribution >= 4 is 34.9 Å². The number of hydrogen-bond donors (Lipinski definition) is 2. The van der Waals surface area contributed by atoms with Crippen LogP contribution in [0.3, 0.4) is 0 Å². The molecular formula is C15H19Cl2N3O. The first-order valence-electron chi connectivity index (χ1n) is 7.14. The SMILES string of the molecule is CC1(C)C2CNCC2CN1C(=O)Nc1ccc(Cl)c(Cl)c1. The third-order valence-electron chi connectivity index (χ3n) is 4.78. The number of fused-ring (bicyclic) bond motifs is 1. The van der Waals surface area contributed by atoms with Crippen molar-refractivity contribution in [2.45, 2.75) is 19.4 Å². The van der Waals surface area contributed by atoms with Crippen LogP contribution in [0.2, 0.25) is 10.0 Å². The Morgan fingerprint density at radius 3 is 2.76 bits per heavy atom. The summed E-state index contributed by atoms with van der Waals surface area (Å²) in [5.74, 6) is 1.05. The van der Waals surface area contributed by atoms with E-state index in [1.54, 1.807) is 18.2 Å². The van der Waals surface area contributed by atoms with E-state index in [0.29, 0.717) is 27.6 Å².